The van der Waals surface area contributed by atoms with Crippen LogP contribution in [0.3, 0.4) is 0 Å². The number of carbonyl (C=O) groups is 1. The van der Waals surface area contributed by atoms with Gasteiger partial charge in [-0.25, -0.2) is 5.01 Å². The Morgan fingerprint density at radius 1 is 1.36 bits per heavy atom. The molecule has 0 fully saturated rings. The summed E-state index contributed by atoms with van der Waals surface area (Å²) in [7, 11) is 0. The predicted molar refractivity (Wildman–Crippen MR) is 89.0 cm³/mol. The number of furan rings is 1. The fourth-order valence-corrected chi connectivity index (χ4v) is 2.93. The van der Waals surface area contributed by atoms with E-state index in [4.69, 9.17) is 4.42 Å². The number of nitrogens with zero attached hydrogens (tertiary/aromatic N) is 2. The van der Waals surface area contributed by atoms with Crippen molar-refractivity contribution >= 4 is 23.4 Å². The molecule has 0 saturated heterocycles. The zero-order valence-electron chi connectivity index (χ0n) is 12.7. The van der Waals surface area contributed by atoms with E-state index in [1.54, 1.807) is 11.3 Å². The summed E-state index contributed by atoms with van der Waals surface area (Å²) in [5.41, 5.74) is 3.19. The van der Waals surface area contributed by atoms with Crippen molar-refractivity contribution < 1.29 is 9.21 Å². The van der Waals surface area contributed by atoms with Crippen LogP contribution in [-0.4, -0.2) is 28.6 Å². The van der Waals surface area contributed by atoms with Crippen molar-refractivity contribution in [1.29, 1.82) is 0 Å². The second-order valence-corrected chi connectivity index (χ2v) is 6.19. The van der Waals surface area contributed by atoms with Gasteiger partial charge in [0.05, 0.1) is 17.7 Å². The quantitative estimate of drug-likeness (QED) is 0.865. The van der Waals surface area contributed by atoms with E-state index >= 15 is 0 Å². The van der Waals surface area contributed by atoms with Crippen molar-refractivity contribution in [3.05, 3.63) is 59.5 Å². The summed E-state index contributed by atoms with van der Waals surface area (Å²) >= 11 is 1.50. The van der Waals surface area contributed by atoms with Gasteiger partial charge in [-0.15, -0.1) is 0 Å². The molecule has 1 aromatic carbocycles. The molecule has 0 aliphatic carbocycles. The van der Waals surface area contributed by atoms with Gasteiger partial charge in [-0.3, -0.25) is 4.79 Å². The van der Waals surface area contributed by atoms with E-state index in [2.05, 4.69) is 36.3 Å². The molecule has 114 valence electrons. The number of amides is 1. The Balaban J connectivity index is 1.91. The SMILES string of the molecule is CSCC(=O)N1N=C(c2ccc(C)cc2)CC1c1ccco1. The standard InChI is InChI=1S/C17H18N2O2S/c1-12-5-7-13(8-6-12)14-10-15(16-4-3-9-21-16)19(18-14)17(20)11-22-2/h3-9,15H,10-11H2,1-2H3. The van der Waals surface area contributed by atoms with E-state index in [0.29, 0.717) is 12.2 Å². The van der Waals surface area contributed by atoms with Gasteiger partial charge in [-0.1, -0.05) is 29.8 Å². The van der Waals surface area contributed by atoms with Crippen LogP contribution < -0.4 is 0 Å². The third-order valence-electron chi connectivity index (χ3n) is 3.69. The van der Waals surface area contributed by atoms with Crippen LogP contribution in [0.2, 0.25) is 0 Å². The molecule has 2 aromatic rings. The molecule has 1 aliphatic rings. The number of benzene rings is 1. The third-order valence-corrected chi connectivity index (χ3v) is 4.23. The number of carbonyl (C=O) groups excluding carboxylic acids is 1. The van der Waals surface area contributed by atoms with Crippen LogP contribution in [0.15, 0.2) is 52.2 Å². The Labute approximate surface area is 134 Å². The molecule has 4 nitrogen and oxygen atoms in total. The van der Waals surface area contributed by atoms with E-state index in [9.17, 15) is 4.79 Å². The number of aryl methyl sites for hydroxylation is 1. The van der Waals surface area contributed by atoms with Gasteiger partial charge < -0.3 is 4.42 Å². The van der Waals surface area contributed by atoms with Crippen molar-refractivity contribution in [2.24, 2.45) is 5.10 Å². The molecule has 0 bridgehead atoms. The van der Waals surface area contributed by atoms with E-state index in [1.165, 1.54) is 17.3 Å². The van der Waals surface area contributed by atoms with Crippen LogP contribution in [0.5, 0.6) is 0 Å². The van der Waals surface area contributed by atoms with Crippen LogP contribution in [0, 0.1) is 6.92 Å². The van der Waals surface area contributed by atoms with Crippen LogP contribution in [-0.2, 0) is 4.79 Å². The van der Waals surface area contributed by atoms with Gasteiger partial charge in [-0.05, 0) is 30.9 Å². The molecule has 2 heterocycles. The number of rotatable bonds is 4. The van der Waals surface area contributed by atoms with E-state index < -0.39 is 0 Å². The molecule has 0 spiro atoms. The Morgan fingerprint density at radius 2 is 2.14 bits per heavy atom. The molecule has 1 unspecified atom stereocenters. The highest BCUT2D eigenvalue weighted by Gasteiger charge is 2.34. The van der Waals surface area contributed by atoms with Gasteiger partial charge in [0.15, 0.2) is 0 Å². The summed E-state index contributed by atoms with van der Waals surface area (Å²) in [6, 6.07) is 11.8. The lowest BCUT2D eigenvalue weighted by Crippen LogP contribution is -2.28. The molecule has 3 rings (SSSR count). The molecule has 1 aromatic heterocycles. The number of hydrogen-bond acceptors (Lipinski definition) is 4. The van der Waals surface area contributed by atoms with Crippen molar-refractivity contribution in [2.75, 3.05) is 12.0 Å². The predicted octanol–water partition coefficient (Wildman–Crippen LogP) is 3.63. The highest BCUT2D eigenvalue weighted by Crippen LogP contribution is 2.33. The minimum atomic E-state index is -0.147. The van der Waals surface area contributed by atoms with Crippen LogP contribution in [0.25, 0.3) is 0 Å². The molecule has 1 aliphatic heterocycles. The monoisotopic (exact) mass is 314 g/mol. The van der Waals surface area contributed by atoms with Gasteiger partial charge >= 0.3 is 0 Å². The summed E-state index contributed by atoms with van der Waals surface area (Å²) < 4.78 is 5.51. The lowest BCUT2D eigenvalue weighted by Gasteiger charge is -2.19. The third kappa shape index (κ3) is 2.95. The maximum atomic E-state index is 12.3. The average molecular weight is 314 g/mol. The normalized spacial score (nSPS) is 17.6. The van der Waals surface area contributed by atoms with Gasteiger partial charge in [0.2, 0.25) is 0 Å². The lowest BCUT2D eigenvalue weighted by molar-refractivity contribution is -0.130. The van der Waals surface area contributed by atoms with Crippen molar-refractivity contribution in [1.82, 2.24) is 5.01 Å². The second-order valence-electron chi connectivity index (χ2n) is 5.32. The van der Waals surface area contributed by atoms with Crippen LogP contribution in [0.1, 0.15) is 29.3 Å². The maximum absolute atomic E-state index is 12.3. The number of thioether (sulfide) groups is 1. The molecule has 1 amide bonds. The van der Waals surface area contributed by atoms with Crippen molar-refractivity contribution in [3.63, 3.8) is 0 Å². The molecular formula is C17H18N2O2S. The van der Waals surface area contributed by atoms with Gasteiger partial charge in [0, 0.05) is 6.42 Å². The minimum absolute atomic E-state index is 0.0102. The van der Waals surface area contributed by atoms with Crippen LogP contribution in [0.4, 0.5) is 0 Å². The zero-order valence-corrected chi connectivity index (χ0v) is 13.5. The fraction of sp³-hybridized carbons (Fsp3) is 0.294. The molecule has 5 heteroatoms. The van der Waals surface area contributed by atoms with Gasteiger partial charge in [0.1, 0.15) is 11.8 Å². The van der Waals surface area contributed by atoms with Crippen LogP contribution >= 0.6 is 11.8 Å². The molecule has 0 radical (unpaired) electrons. The second kappa shape index (κ2) is 6.40. The van der Waals surface area contributed by atoms with E-state index in [-0.39, 0.29) is 11.9 Å². The summed E-state index contributed by atoms with van der Waals surface area (Å²) in [5, 5.41) is 6.14. The summed E-state index contributed by atoms with van der Waals surface area (Å²) in [4.78, 5) is 12.3. The number of hydrazone groups is 1. The fourth-order valence-electron chi connectivity index (χ4n) is 2.55. The summed E-state index contributed by atoms with van der Waals surface area (Å²) in [6.07, 6.45) is 4.23. The highest BCUT2D eigenvalue weighted by atomic mass is 32.2. The first-order valence-corrected chi connectivity index (χ1v) is 8.57. The Kier molecular flexibility index (Phi) is 4.34. The zero-order chi connectivity index (χ0) is 15.5. The molecule has 22 heavy (non-hydrogen) atoms. The summed E-state index contributed by atoms with van der Waals surface area (Å²) in [6.45, 7) is 2.06. The summed E-state index contributed by atoms with van der Waals surface area (Å²) in [5.74, 6) is 1.21. The first kappa shape index (κ1) is 14.9. The molecular weight excluding hydrogens is 296 g/mol. The molecule has 1 atom stereocenters. The number of hydrogen-bond donors (Lipinski definition) is 0. The Bertz CT molecular complexity index is 677. The highest BCUT2D eigenvalue weighted by molar-refractivity contribution is 7.99. The lowest BCUT2D eigenvalue weighted by atomic mass is 10.0. The Morgan fingerprint density at radius 3 is 2.77 bits per heavy atom. The van der Waals surface area contributed by atoms with Gasteiger partial charge in [0.25, 0.3) is 5.91 Å². The first-order valence-electron chi connectivity index (χ1n) is 7.18. The topological polar surface area (TPSA) is 45.8 Å². The van der Waals surface area contributed by atoms with Gasteiger partial charge in [-0.2, -0.15) is 16.9 Å². The minimum Gasteiger partial charge on any atom is -0.467 e. The Hall–Kier alpha value is -2.01. The largest absolute Gasteiger partial charge is 0.467 e. The maximum Gasteiger partial charge on any atom is 0.253 e. The van der Waals surface area contributed by atoms with Crippen molar-refractivity contribution in [3.8, 4) is 0 Å². The average Bonchev–Trinajstić information content (AvgIpc) is 3.17. The smallest absolute Gasteiger partial charge is 0.253 e. The van der Waals surface area contributed by atoms with E-state index in [0.717, 1.165) is 17.0 Å². The first-order chi connectivity index (χ1) is 10.7. The molecule has 0 N–H and O–H groups in total. The van der Waals surface area contributed by atoms with Crippen molar-refractivity contribution in [2.45, 2.75) is 19.4 Å². The van der Waals surface area contributed by atoms with E-state index in [1.807, 2.05) is 18.4 Å². The molecule has 0 saturated carbocycles.